The number of terminal acetylenes is 1. The van der Waals surface area contributed by atoms with Crippen LogP contribution in [0.5, 0.6) is 0 Å². The summed E-state index contributed by atoms with van der Waals surface area (Å²) < 4.78 is 0. The number of fused-ring (bicyclic) bond motifs is 1. The van der Waals surface area contributed by atoms with E-state index >= 15 is 0 Å². The Hall–Kier alpha value is -1.78. The fraction of sp³-hybridized carbons (Fsp3) is 0.250. The number of rotatable bonds is 3. The molecule has 1 N–H and O–H groups in total. The molecule has 2 aromatic carbocycles. The molecular weight excluding hydrogens is 206 g/mol. The van der Waals surface area contributed by atoms with Gasteiger partial charge < -0.3 is 0 Å². The molecule has 0 saturated heterocycles. The monoisotopic (exact) mass is 223 g/mol. The highest BCUT2D eigenvalue weighted by atomic mass is 14.9. The van der Waals surface area contributed by atoms with Gasteiger partial charge in [-0.1, -0.05) is 42.3 Å². The summed E-state index contributed by atoms with van der Waals surface area (Å²) in [6.45, 7) is 4.81. The highest BCUT2D eigenvalue weighted by Gasteiger charge is 2.11. The Labute approximate surface area is 103 Å². The maximum absolute atomic E-state index is 5.45. The van der Waals surface area contributed by atoms with Gasteiger partial charge in [-0.15, -0.1) is 6.42 Å². The van der Waals surface area contributed by atoms with Crippen LogP contribution < -0.4 is 5.32 Å². The zero-order valence-electron chi connectivity index (χ0n) is 10.3. The van der Waals surface area contributed by atoms with E-state index in [1.54, 1.807) is 0 Å². The van der Waals surface area contributed by atoms with Crippen LogP contribution in [0.25, 0.3) is 10.8 Å². The predicted octanol–water partition coefficient (Wildman–Crippen LogP) is 3.34. The minimum Gasteiger partial charge on any atom is -0.298 e. The SMILES string of the molecule is C#CC(C)(C)NCc1ccc2ccccc2c1. The van der Waals surface area contributed by atoms with Crippen molar-refractivity contribution in [3.63, 3.8) is 0 Å². The Kier molecular flexibility index (Phi) is 3.17. The molecule has 0 aliphatic heterocycles. The second-order valence-electron chi connectivity index (χ2n) is 4.80. The van der Waals surface area contributed by atoms with Crippen molar-refractivity contribution in [3.05, 3.63) is 48.0 Å². The molecule has 0 amide bonds. The third-order valence-corrected chi connectivity index (χ3v) is 2.91. The molecular formula is C16H17N. The summed E-state index contributed by atoms with van der Waals surface area (Å²) in [6, 6.07) is 14.9. The third kappa shape index (κ3) is 2.87. The van der Waals surface area contributed by atoms with E-state index in [0.29, 0.717) is 0 Å². The largest absolute Gasteiger partial charge is 0.298 e. The van der Waals surface area contributed by atoms with Crippen molar-refractivity contribution in [2.75, 3.05) is 0 Å². The lowest BCUT2D eigenvalue weighted by molar-refractivity contribution is 0.491. The van der Waals surface area contributed by atoms with Gasteiger partial charge in [0.2, 0.25) is 0 Å². The molecule has 1 nitrogen and oxygen atoms in total. The maximum atomic E-state index is 5.45. The van der Waals surface area contributed by atoms with E-state index in [1.807, 2.05) is 13.8 Å². The molecule has 1 heteroatoms. The normalized spacial score (nSPS) is 11.4. The van der Waals surface area contributed by atoms with Crippen molar-refractivity contribution in [2.45, 2.75) is 25.9 Å². The van der Waals surface area contributed by atoms with Gasteiger partial charge in [0.05, 0.1) is 5.54 Å². The minimum absolute atomic E-state index is 0.258. The number of benzene rings is 2. The molecule has 0 fully saturated rings. The van der Waals surface area contributed by atoms with E-state index in [-0.39, 0.29) is 5.54 Å². The second kappa shape index (κ2) is 4.61. The molecule has 0 radical (unpaired) electrons. The molecule has 0 unspecified atom stereocenters. The fourth-order valence-electron chi connectivity index (χ4n) is 1.72. The highest BCUT2D eigenvalue weighted by molar-refractivity contribution is 5.82. The molecule has 17 heavy (non-hydrogen) atoms. The van der Waals surface area contributed by atoms with E-state index in [4.69, 9.17) is 6.42 Å². The van der Waals surface area contributed by atoms with Gasteiger partial charge in [-0.3, -0.25) is 5.32 Å². The molecule has 86 valence electrons. The summed E-state index contributed by atoms with van der Waals surface area (Å²) >= 11 is 0. The Bertz CT molecular complexity index is 561. The summed E-state index contributed by atoms with van der Waals surface area (Å²) in [5.41, 5.74) is 0.998. The molecule has 0 aromatic heterocycles. The van der Waals surface area contributed by atoms with Gasteiger partial charge in [0.1, 0.15) is 0 Å². The van der Waals surface area contributed by atoms with Crippen LogP contribution in [0.15, 0.2) is 42.5 Å². The predicted molar refractivity (Wildman–Crippen MR) is 73.7 cm³/mol. The third-order valence-electron chi connectivity index (χ3n) is 2.91. The highest BCUT2D eigenvalue weighted by Crippen LogP contribution is 2.16. The summed E-state index contributed by atoms with van der Waals surface area (Å²) in [4.78, 5) is 0. The number of hydrogen-bond donors (Lipinski definition) is 1. The maximum Gasteiger partial charge on any atom is 0.0743 e. The first-order valence-electron chi connectivity index (χ1n) is 5.81. The summed E-state index contributed by atoms with van der Waals surface area (Å²) in [7, 11) is 0. The Morgan fingerprint density at radius 1 is 1.12 bits per heavy atom. The number of hydrogen-bond acceptors (Lipinski definition) is 1. The van der Waals surface area contributed by atoms with Crippen LogP contribution in [0.4, 0.5) is 0 Å². The Morgan fingerprint density at radius 2 is 1.82 bits per heavy atom. The molecule has 0 atom stereocenters. The van der Waals surface area contributed by atoms with Crippen LogP contribution in [0.2, 0.25) is 0 Å². The first kappa shape index (κ1) is 11.7. The zero-order valence-corrected chi connectivity index (χ0v) is 10.3. The van der Waals surface area contributed by atoms with Gasteiger partial charge in [0.25, 0.3) is 0 Å². The molecule has 0 saturated carbocycles. The first-order valence-corrected chi connectivity index (χ1v) is 5.81. The smallest absolute Gasteiger partial charge is 0.0743 e. The second-order valence-corrected chi connectivity index (χ2v) is 4.80. The van der Waals surface area contributed by atoms with Crippen molar-refractivity contribution >= 4 is 10.8 Å². The van der Waals surface area contributed by atoms with Gasteiger partial charge in [-0.25, -0.2) is 0 Å². The molecule has 0 aliphatic carbocycles. The quantitative estimate of drug-likeness (QED) is 0.787. The summed E-state index contributed by atoms with van der Waals surface area (Å²) in [5, 5.41) is 5.89. The molecule has 0 bridgehead atoms. The van der Waals surface area contributed by atoms with Crippen LogP contribution in [-0.4, -0.2) is 5.54 Å². The summed E-state index contributed by atoms with van der Waals surface area (Å²) in [6.07, 6.45) is 5.45. The van der Waals surface area contributed by atoms with Gasteiger partial charge in [0, 0.05) is 6.54 Å². The van der Waals surface area contributed by atoms with Crippen LogP contribution in [0, 0.1) is 12.3 Å². The van der Waals surface area contributed by atoms with Crippen molar-refractivity contribution < 1.29 is 0 Å². The fourth-order valence-corrected chi connectivity index (χ4v) is 1.72. The lowest BCUT2D eigenvalue weighted by atomic mass is 10.0. The van der Waals surface area contributed by atoms with Crippen molar-refractivity contribution in [2.24, 2.45) is 0 Å². The van der Waals surface area contributed by atoms with E-state index in [1.165, 1.54) is 16.3 Å². The lowest BCUT2D eigenvalue weighted by Gasteiger charge is -2.19. The van der Waals surface area contributed by atoms with Crippen LogP contribution >= 0.6 is 0 Å². The van der Waals surface area contributed by atoms with Gasteiger partial charge in [0.15, 0.2) is 0 Å². The minimum atomic E-state index is -0.258. The van der Waals surface area contributed by atoms with Gasteiger partial charge in [-0.05, 0) is 36.2 Å². The number of nitrogens with one attached hydrogen (secondary N) is 1. The van der Waals surface area contributed by atoms with E-state index in [0.717, 1.165) is 6.54 Å². The molecule has 2 rings (SSSR count). The summed E-state index contributed by atoms with van der Waals surface area (Å²) in [5.74, 6) is 2.74. The van der Waals surface area contributed by atoms with Crippen LogP contribution in [0.1, 0.15) is 19.4 Å². The molecule has 0 spiro atoms. The molecule has 0 aliphatic rings. The van der Waals surface area contributed by atoms with Crippen molar-refractivity contribution in [1.82, 2.24) is 5.32 Å². The van der Waals surface area contributed by atoms with Gasteiger partial charge >= 0.3 is 0 Å². The first-order chi connectivity index (χ1) is 8.11. The molecule has 2 aromatic rings. The standard InChI is InChI=1S/C16H17N/c1-4-16(2,3)17-12-13-9-10-14-7-5-6-8-15(14)11-13/h1,5-11,17H,12H2,2-3H3. The van der Waals surface area contributed by atoms with E-state index < -0.39 is 0 Å². The zero-order chi connectivity index (χ0) is 12.3. The van der Waals surface area contributed by atoms with Crippen molar-refractivity contribution in [3.8, 4) is 12.3 Å². The van der Waals surface area contributed by atoms with Gasteiger partial charge in [-0.2, -0.15) is 0 Å². The topological polar surface area (TPSA) is 12.0 Å². The van der Waals surface area contributed by atoms with E-state index in [2.05, 4.69) is 53.7 Å². The Morgan fingerprint density at radius 3 is 2.53 bits per heavy atom. The Balaban J connectivity index is 2.18. The van der Waals surface area contributed by atoms with Crippen molar-refractivity contribution in [1.29, 1.82) is 0 Å². The average molecular weight is 223 g/mol. The van der Waals surface area contributed by atoms with Crippen LogP contribution in [0.3, 0.4) is 0 Å². The lowest BCUT2D eigenvalue weighted by Crippen LogP contribution is -2.36. The average Bonchev–Trinajstić information content (AvgIpc) is 2.36. The van der Waals surface area contributed by atoms with Crippen LogP contribution in [-0.2, 0) is 6.54 Å². The van der Waals surface area contributed by atoms with E-state index in [9.17, 15) is 0 Å². The molecule has 0 heterocycles.